The van der Waals surface area contributed by atoms with Crippen molar-refractivity contribution in [3.05, 3.63) is 253 Å². The summed E-state index contributed by atoms with van der Waals surface area (Å²) in [7, 11) is 0. The molecule has 0 bridgehead atoms. The van der Waals surface area contributed by atoms with Crippen LogP contribution in [0.1, 0.15) is 0 Å². The van der Waals surface area contributed by atoms with E-state index in [1.54, 1.807) is 22.7 Å². The summed E-state index contributed by atoms with van der Waals surface area (Å²) in [5, 5.41) is 4.25. The van der Waals surface area contributed by atoms with Crippen LogP contribution in [0, 0.1) is 0 Å². The van der Waals surface area contributed by atoms with Gasteiger partial charge in [-0.05, 0) is 67.4 Å². The molecule has 0 N–H and O–H groups in total. The van der Waals surface area contributed by atoms with E-state index in [0.29, 0.717) is 0 Å². The molecule has 4 heterocycles. The number of rotatable bonds is 10. The molecule has 0 amide bonds. The topological polar surface area (TPSA) is 51.6 Å². The predicted octanol–water partition coefficient (Wildman–Crippen LogP) is 18.4. The number of benzene rings is 9. The van der Waals surface area contributed by atoms with Crippen LogP contribution in [-0.4, -0.2) is 19.9 Å². The zero-order chi connectivity index (χ0) is 47.8. The Morgan fingerprint density at radius 1 is 0.194 bits per heavy atom. The summed E-state index contributed by atoms with van der Waals surface area (Å²) in [6.45, 7) is 0. The maximum Gasteiger partial charge on any atom is 0.101 e. The smallest absolute Gasteiger partial charge is 0.101 e. The van der Waals surface area contributed by atoms with Crippen LogP contribution in [-0.2, 0) is 0 Å². The Kier molecular flexibility index (Phi) is 11.2. The van der Waals surface area contributed by atoms with Crippen LogP contribution >= 0.6 is 22.7 Å². The van der Waals surface area contributed by atoms with Gasteiger partial charge in [0.1, 0.15) is 22.1 Å². The molecule has 0 saturated carbocycles. The highest BCUT2D eigenvalue weighted by molar-refractivity contribution is 7.14. The van der Waals surface area contributed by atoms with E-state index in [1.807, 2.05) is 0 Å². The van der Waals surface area contributed by atoms with Crippen LogP contribution < -0.4 is 0 Å². The largest absolute Gasteiger partial charge is 0.243 e. The fourth-order valence-corrected chi connectivity index (χ4v) is 11.3. The zero-order valence-corrected chi connectivity index (χ0v) is 40.5. The van der Waals surface area contributed by atoms with Gasteiger partial charge in [-0.2, -0.15) is 0 Å². The van der Waals surface area contributed by atoms with Crippen molar-refractivity contribution >= 4 is 44.7 Å². The van der Waals surface area contributed by atoms with E-state index in [-0.39, 0.29) is 0 Å². The summed E-state index contributed by atoms with van der Waals surface area (Å²) in [4.78, 5) is 25.4. The maximum atomic E-state index is 5.83. The lowest BCUT2D eigenvalue weighted by Gasteiger charge is -2.19. The molecule has 13 aromatic rings. The van der Waals surface area contributed by atoms with Crippen molar-refractivity contribution in [1.82, 2.24) is 19.9 Å². The standard InChI is InChI=1S/C66H42N4S2/c1-5-15-43(16-6-1)47-25-33-51(34-26-47)59-60(52-35-27-48(28-36-52)44-17-7-2-8-18-44)68-64-58(56-24-14-42-72-56)66-65(57(63(64)67-59)55-23-13-41-71-55)69-61(53-37-29-49(30-38-53)45-19-9-3-10-20-45)62(70-66)54-39-31-50(32-40-54)46-21-11-4-12-22-46/h1-42H. The number of hydrogen-bond donors (Lipinski definition) is 0. The fourth-order valence-electron chi connectivity index (χ4n) is 9.71. The van der Waals surface area contributed by atoms with Crippen LogP contribution in [0.3, 0.4) is 0 Å². The van der Waals surface area contributed by atoms with E-state index < -0.39 is 0 Å². The van der Waals surface area contributed by atoms with Gasteiger partial charge in [-0.3, -0.25) is 0 Å². The molecule has 0 aliphatic heterocycles. The molecule has 13 rings (SSSR count). The first-order valence-corrected chi connectivity index (χ1v) is 25.8. The second kappa shape index (κ2) is 18.8. The SMILES string of the molecule is c1ccc(-c2ccc(-c3nc4c(-c5cccs5)c5nc(-c6ccc(-c7ccccc7)cc6)c(-c6ccc(-c7ccccc7)cc6)nc5c(-c5cccs5)c4nc3-c3ccc(-c4ccccc4)cc3)cc2)cc1. The van der Waals surface area contributed by atoms with Gasteiger partial charge in [0.2, 0.25) is 0 Å². The molecule has 0 atom stereocenters. The predicted molar refractivity (Wildman–Crippen MR) is 303 cm³/mol. The number of thiophene rings is 2. The second-order valence-electron chi connectivity index (χ2n) is 17.7. The third-order valence-corrected chi connectivity index (χ3v) is 15.1. The molecular formula is C66H42N4S2. The highest BCUT2D eigenvalue weighted by atomic mass is 32.1. The lowest BCUT2D eigenvalue weighted by Crippen LogP contribution is -2.03. The van der Waals surface area contributed by atoms with Crippen molar-refractivity contribution in [2.24, 2.45) is 0 Å². The third-order valence-electron chi connectivity index (χ3n) is 13.3. The Morgan fingerprint density at radius 3 is 0.611 bits per heavy atom. The van der Waals surface area contributed by atoms with E-state index in [1.165, 1.54) is 0 Å². The van der Waals surface area contributed by atoms with Crippen LogP contribution in [0.5, 0.6) is 0 Å². The first-order chi connectivity index (χ1) is 35.7. The minimum Gasteiger partial charge on any atom is -0.243 e. The summed E-state index contributed by atoms with van der Waals surface area (Å²) in [6.07, 6.45) is 0. The molecule has 0 saturated heterocycles. The van der Waals surface area contributed by atoms with Gasteiger partial charge in [0.15, 0.2) is 0 Å². The molecule has 0 radical (unpaired) electrons. The average molecular weight is 955 g/mol. The molecule has 338 valence electrons. The molecular weight excluding hydrogens is 913 g/mol. The molecule has 0 unspecified atom stereocenters. The van der Waals surface area contributed by atoms with Crippen molar-refractivity contribution < 1.29 is 0 Å². The Morgan fingerprint density at radius 2 is 0.403 bits per heavy atom. The minimum atomic E-state index is 0.778. The molecule has 4 aromatic heterocycles. The van der Waals surface area contributed by atoms with E-state index in [4.69, 9.17) is 19.9 Å². The fraction of sp³-hybridized carbons (Fsp3) is 0. The molecule has 72 heavy (non-hydrogen) atoms. The zero-order valence-electron chi connectivity index (χ0n) is 38.9. The van der Waals surface area contributed by atoms with Crippen molar-refractivity contribution in [3.8, 4) is 110 Å². The molecule has 0 aliphatic rings. The minimum absolute atomic E-state index is 0.778. The van der Waals surface area contributed by atoms with E-state index >= 15 is 0 Å². The number of fused-ring (bicyclic) bond motifs is 2. The lowest BCUT2D eigenvalue weighted by atomic mass is 9.95. The normalized spacial score (nSPS) is 11.3. The van der Waals surface area contributed by atoms with Crippen molar-refractivity contribution in [1.29, 1.82) is 0 Å². The van der Waals surface area contributed by atoms with E-state index in [2.05, 4.69) is 253 Å². The maximum absolute atomic E-state index is 5.83. The molecule has 0 aliphatic carbocycles. The first kappa shape index (κ1) is 43.1. The van der Waals surface area contributed by atoms with Crippen molar-refractivity contribution in [2.75, 3.05) is 0 Å². The van der Waals surface area contributed by atoms with Gasteiger partial charge in [-0.1, -0.05) is 231 Å². The van der Waals surface area contributed by atoms with E-state index in [9.17, 15) is 0 Å². The Hall–Kier alpha value is -8.94. The van der Waals surface area contributed by atoms with Crippen LogP contribution in [0.25, 0.3) is 132 Å². The number of nitrogens with zero attached hydrogens (tertiary/aromatic N) is 4. The molecule has 0 fully saturated rings. The van der Waals surface area contributed by atoms with Crippen molar-refractivity contribution in [2.45, 2.75) is 0 Å². The molecule has 4 nitrogen and oxygen atoms in total. The summed E-state index contributed by atoms with van der Waals surface area (Å²) < 4.78 is 0. The highest BCUT2D eigenvalue weighted by Gasteiger charge is 2.27. The van der Waals surface area contributed by atoms with E-state index in [0.717, 1.165) is 132 Å². The van der Waals surface area contributed by atoms with Gasteiger partial charge in [-0.25, -0.2) is 19.9 Å². The Labute approximate surface area is 426 Å². The van der Waals surface area contributed by atoms with Gasteiger partial charge in [0, 0.05) is 43.1 Å². The first-order valence-electron chi connectivity index (χ1n) is 24.0. The van der Waals surface area contributed by atoms with Gasteiger partial charge in [0.25, 0.3) is 0 Å². The van der Waals surface area contributed by atoms with Crippen LogP contribution in [0.2, 0.25) is 0 Å². The molecule has 0 spiro atoms. The summed E-state index contributed by atoms with van der Waals surface area (Å²) >= 11 is 3.36. The lowest BCUT2D eigenvalue weighted by molar-refractivity contribution is 1.27. The van der Waals surface area contributed by atoms with Crippen LogP contribution in [0.15, 0.2) is 253 Å². The second-order valence-corrected chi connectivity index (χ2v) is 19.6. The van der Waals surface area contributed by atoms with Gasteiger partial charge >= 0.3 is 0 Å². The quantitative estimate of drug-likeness (QED) is 0.128. The Balaban J connectivity index is 1.10. The monoisotopic (exact) mass is 954 g/mol. The highest BCUT2D eigenvalue weighted by Crippen LogP contribution is 2.47. The van der Waals surface area contributed by atoms with Gasteiger partial charge < -0.3 is 0 Å². The Bertz CT molecular complexity index is 3500. The number of hydrogen-bond acceptors (Lipinski definition) is 6. The van der Waals surface area contributed by atoms with Crippen molar-refractivity contribution in [3.63, 3.8) is 0 Å². The summed E-state index contributed by atoms with van der Waals surface area (Å²) in [5.74, 6) is 0. The number of aromatic nitrogens is 4. The van der Waals surface area contributed by atoms with Gasteiger partial charge in [0.05, 0.1) is 22.8 Å². The molecule has 9 aromatic carbocycles. The summed E-state index contributed by atoms with van der Waals surface area (Å²) in [6, 6.07) is 85.5. The average Bonchev–Trinajstić information content (AvgIpc) is 4.22. The van der Waals surface area contributed by atoms with Gasteiger partial charge in [-0.15, -0.1) is 22.7 Å². The summed E-state index contributed by atoms with van der Waals surface area (Å²) in [5.41, 5.74) is 21.2. The van der Waals surface area contributed by atoms with Crippen LogP contribution in [0.4, 0.5) is 0 Å². The third kappa shape index (κ3) is 8.08. The molecule has 6 heteroatoms.